The van der Waals surface area contributed by atoms with Gasteiger partial charge in [-0.2, -0.15) is 0 Å². The van der Waals surface area contributed by atoms with Crippen LogP contribution in [0.25, 0.3) is 16.6 Å². The van der Waals surface area contributed by atoms with Crippen LogP contribution in [0.3, 0.4) is 0 Å². The van der Waals surface area contributed by atoms with E-state index in [9.17, 15) is 0 Å². The van der Waals surface area contributed by atoms with Crippen molar-refractivity contribution in [3.8, 4) is 0 Å². The number of hydrogen-bond donors (Lipinski definition) is 2. The lowest BCUT2D eigenvalue weighted by atomic mass is 10.2. The van der Waals surface area contributed by atoms with Crippen LogP contribution in [0.1, 0.15) is 12.7 Å². The molecule has 0 spiro atoms. The first kappa shape index (κ1) is 11.2. The molecule has 0 aliphatic carbocycles. The molecule has 17 heavy (non-hydrogen) atoms. The normalized spacial score (nSPS) is 13.0. The maximum Gasteiger partial charge on any atom is 0.140 e. The lowest BCUT2D eigenvalue weighted by molar-refractivity contribution is 1.25. The molecule has 86 valence electrons. The molecule has 1 heterocycles. The Kier molecular flexibility index (Phi) is 3.10. The number of aromatic nitrogens is 2. The summed E-state index contributed by atoms with van der Waals surface area (Å²) in [5, 5.41) is 0. The number of hydrogen-bond acceptors (Lipinski definition) is 2. The number of fused-ring (bicyclic) bond motifs is 1. The number of para-hydroxylation sites is 2. The third-order valence-corrected chi connectivity index (χ3v) is 2.51. The summed E-state index contributed by atoms with van der Waals surface area (Å²) in [6.07, 6.45) is 5.48. The van der Waals surface area contributed by atoms with Crippen molar-refractivity contribution >= 4 is 16.6 Å². The van der Waals surface area contributed by atoms with E-state index in [-0.39, 0.29) is 0 Å². The first-order valence-corrected chi connectivity index (χ1v) is 5.46. The molecular formula is C14H15N3. The van der Waals surface area contributed by atoms with Gasteiger partial charge in [0, 0.05) is 11.3 Å². The first-order chi connectivity index (χ1) is 8.26. The molecule has 0 amide bonds. The molecule has 0 fully saturated rings. The van der Waals surface area contributed by atoms with Gasteiger partial charge in [0.25, 0.3) is 0 Å². The van der Waals surface area contributed by atoms with Crippen molar-refractivity contribution in [1.29, 1.82) is 0 Å². The third kappa shape index (κ3) is 2.13. The number of allylic oxidation sites excluding steroid dienone is 4. The lowest BCUT2D eigenvalue weighted by Crippen LogP contribution is -1.98. The van der Waals surface area contributed by atoms with Gasteiger partial charge in [-0.25, -0.2) is 4.98 Å². The molecule has 2 rings (SSSR count). The fourth-order valence-corrected chi connectivity index (χ4v) is 1.67. The Morgan fingerprint density at radius 2 is 2.18 bits per heavy atom. The van der Waals surface area contributed by atoms with E-state index in [1.54, 1.807) is 6.08 Å². The molecule has 0 aliphatic rings. The highest BCUT2D eigenvalue weighted by Gasteiger charge is 2.07. The van der Waals surface area contributed by atoms with Crippen molar-refractivity contribution in [3.05, 3.63) is 60.6 Å². The van der Waals surface area contributed by atoms with Gasteiger partial charge in [-0.05, 0) is 25.1 Å². The second kappa shape index (κ2) is 4.70. The summed E-state index contributed by atoms with van der Waals surface area (Å²) < 4.78 is 0. The van der Waals surface area contributed by atoms with Crippen molar-refractivity contribution in [2.45, 2.75) is 6.92 Å². The number of nitrogens with zero attached hydrogens (tertiary/aromatic N) is 1. The van der Waals surface area contributed by atoms with Gasteiger partial charge >= 0.3 is 0 Å². The lowest BCUT2D eigenvalue weighted by Gasteiger charge is -2.00. The van der Waals surface area contributed by atoms with Gasteiger partial charge in [0.2, 0.25) is 0 Å². The highest BCUT2D eigenvalue weighted by Crippen LogP contribution is 2.19. The van der Waals surface area contributed by atoms with E-state index in [0.717, 1.165) is 22.4 Å². The second-order valence-electron chi connectivity index (χ2n) is 3.68. The molecule has 0 aliphatic heterocycles. The average Bonchev–Trinajstić information content (AvgIpc) is 2.78. The Morgan fingerprint density at radius 3 is 2.82 bits per heavy atom. The SMILES string of the molecule is C=C/C(N)=C(\C=C/C)c1nc2ccccc2[nH]1. The van der Waals surface area contributed by atoms with E-state index < -0.39 is 0 Å². The van der Waals surface area contributed by atoms with Gasteiger partial charge < -0.3 is 10.7 Å². The standard InChI is InChI=1S/C14H15N3/c1-3-7-10(11(15)4-2)14-16-12-8-5-6-9-13(12)17-14/h3-9H,2,15H2,1H3,(H,16,17)/b7-3-,11-10-. The molecule has 3 nitrogen and oxygen atoms in total. The molecule has 0 bridgehead atoms. The maximum atomic E-state index is 5.91. The molecule has 2 aromatic rings. The van der Waals surface area contributed by atoms with Crippen LogP contribution in [-0.4, -0.2) is 9.97 Å². The monoisotopic (exact) mass is 225 g/mol. The van der Waals surface area contributed by atoms with E-state index in [1.807, 2.05) is 43.3 Å². The van der Waals surface area contributed by atoms with E-state index >= 15 is 0 Å². The van der Waals surface area contributed by atoms with Crippen LogP contribution in [0.2, 0.25) is 0 Å². The predicted molar refractivity (Wildman–Crippen MR) is 72.2 cm³/mol. The van der Waals surface area contributed by atoms with Gasteiger partial charge in [-0.1, -0.05) is 30.9 Å². The van der Waals surface area contributed by atoms with Crippen molar-refractivity contribution < 1.29 is 0 Å². The number of H-pyrrole nitrogens is 1. The smallest absolute Gasteiger partial charge is 0.140 e. The molecule has 0 unspecified atom stereocenters. The van der Waals surface area contributed by atoms with Gasteiger partial charge in [0.1, 0.15) is 5.82 Å². The quantitative estimate of drug-likeness (QED) is 0.789. The number of imidazole rings is 1. The summed E-state index contributed by atoms with van der Waals surface area (Å²) in [6, 6.07) is 7.89. The third-order valence-electron chi connectivity index (χ3n) is 2.51. The highest BCUT2D eigenvalue weighted by atomic mass is 14.9. The number of nitrogens with two attached hydrogens (primary N) is 1. The van der Waals surface area contributed by atoms with Crippen LogP contribution in [0.15, 0.2) is 54.8 Å². The Morgan fingerprint density at radius 1 is 1.41 bits per heavy atom. The zero-order valence-corrected chi connectivity index (χ0v) is 9.77. The van der Waals surface area contributed by atoms with Crippen LogP contribution >= 0.6 is 0 Å². The van der Waals surface area contributed by atoms with Gasteiger partial charge in [-0.3, -0.25) is 0 Å². The zero-order valence-electron chi connectivity index (χ0n) is 9.77. The minimum Gasteiger partial charge on any atom is -0.398 e. The average molecular weight is 225 g/mol. The minimum absolute atomic E-state index is 0.613. The molecular weight excluding hydrogens is 210 g/mol. The van der Waals surface area contributed by atoms with Crippen LogP contribution in [-0.2, 0) is 0 Å². The van der Waals surface area contributed by atoms with Gasteiger partial charge in [0.05, 0.1) is 11.0 Å². The summed E-state index contributed by atoms with van der Waals surface area (Å²) >= 11 is 0. The van der Waals surface area contributed by atoms with Crippen molar-refractivity contribution in [3.63, 3.8) is 0 Å². The molecule has 3 heteroatoms. The molecule has 1 aromatic carbocycles. The number of nitrogens with one attached hydrogen (secondary N) is 1. The van der Waals surface area contributed by atoms with E-state index in [1.165, 1.54) is 0 Å². The van der Waals surface area contributed by atoms with Crippen molar-refractivity contribution in [2.75, 3.05) is 0 Å². The maximum absolute atomic E-state index is 5.91. The summed E-state index contributed by atoms with van der Waals surface area (Å²) in [4.78, 5) is 7.76. The summed E-state index contributed by atoms with van der Waals surface area (Å²) in [5.41, 5.74) is 9.31. The highest BCUT2D eigenvalue weighted by molar-refractivity contribution is 5.82. The summed E-state index contributed by atoms with van der Waals surface area (Å²) in [7, 11) is 0. The van der Waals surface area contributed by atoms with E-state index in [0.29, 0.717) is 5.70 Å². The molecule has 0 saturated carbocycles. The topological polar surface area (TPSA) is 54.7 Å². The summed E-state index contributed by atoms with van der Waals surface area (Å²) in [5.74, 6) is 0.765. The Bertz CT molecular complexity index is 570. The Balaban J connectivity index is 2.61. The fourth-order valence-electron chi connectivity index (χ4n) is 1.67. The van der Waals surface area contributed by atoms with E-state index in [4.69, 9.17) is 5.73 Å². The van der Waals surface area contributed by atoms with Crippen molar-refractivity contribution in [1.82, 2.24) is 9.97 Å². The molecule has 1 aromatic heterocycles. The molecule has 0 atom stereocenters. The van der Waals surface area contributed by atoms with Crippen molar-refractivity contribution in [2.24, 2.45) is 5.73 Å². The number of benzene rings is 1. The van der Waals surface area contributed by atoms with Gasteiger partial charge in [-0.15, -0.1) is 0 Å². The Labute approximate surface area is 100 Å². The number of rotatable bonds is 3. The molecule has 0 radical (unpaired) electrons. The largest absolute Gasteiger partial charge is 0.398 e. The molecule has 3 N–H and O–H groups in total. The fraction of sp³-hybridized carbons (Fsp3) is 0.0714. The minimum atomic E-state index is 0.613. The van der Waals surface area contributed by atoms with Crippen LogP contribution in [0.5, 0.6) is 0 Å². The van der Waals surface area contributed by atoms with Gasteiger partial charge in [0.15, 0.2) is 0 Å². The zero-order chi connectivity index (χ0) is 12.3. The van der Waals surface area contributed by atoms with Crippen LogP contribution in [0.4, 0.5) is 0 Å². The first-order valence-electron chi connectivity index (χ1n) is 5.46. The van der Waals surface area contributed by atoms with E-state index in [2.05, 4.69) is 16.5 Å². The van der Waals surface area contributed by atoms with Crippen LogP contribution in [0, 0.1) is 0 Å². The molecule has 0 saturated heterocycles. The Hall–Kier alpha value is -2.29. The van der Waals surface area contributed by atoms with Crippen LogP contribution < -0.4 is 5.73 Å². The second-order valence-corrected chi connectivity index (χ2v) is 3.68. The predicted octanol–water partition coefficient (Wildman–Crippen LogP) is 2.99. The number of aromatic amines is 1. The summed E-state index contributed by atoms with van der Waals surface area (Å²) in [6.45, 7) is 5.63.